The number of fused-ring (bicyclic) bond motifs is 4. The predicted octanol–water partition coefficient (Wildman–Crippen LogP) is 9.38. The molecule has 2 fully saturated rings. The molecule has 2 N–H and O–H groups in total. The molecule has 0 spiro atoms. The minimum absolute atomic E-state index is 0. The summed E-state index contributed by atoms with van der Waals surface area (Å²) in [5, 5.41) is 26.0. The molecular formula is C38H48IrNO2-. The van der Waals surface area contributed by atoms with Gasteiger partial charge in [-0.2, -0.15) is 0 Å². The van der Waals surface area contributed by atoms with Gasteiger partial charge >= 0.3 is 0 Å². The summed E-state index contributed by atoms with van der Waals surface area (Å²) in [5.41, 5.74) is 3.06. The second-order valence-electron chi connectivity index (χ2n) is 12.9. The summed E-state index contributed by atoms with van der Waals surface area (Å²) in [6.45, 7) is 8.86. The van der Waals surface area contributed by atoms with Gasteiger partial charge < -0.3 is 10.2 Å². The predicted molar refractivity (Wildman–Crippen MR) is 172 cm³/mol. The van der Waals surface area contributed by atoms with E-state index in [1.807, 2.05) is 24.3 Å². The van der Waals surface area contributed by atoms with Crippen molar-refractivity contribution in [2.24, 2.45) is 22.7 Å². The first-order valence-electron chi connectivity index (χ1n) is 16.0. The number of hydrogen-bond acceptors (Lipinski definition) is 3. The molecule has 4 heteroatoms. The Balaban J connectivity index is 0.000000188. The van der Waals surface area contributed by atoms with Crippen molar-refractivity contribution in [3.05, 3.63) is 78.9 Å². The number of hydrogen-bond donors (Lipinski definition) is 2. The van der Waals surface area contributed by atoms with Crippen molar-refractivity contribution in [3.8, 4) is 11.3 Å². The van der Waals surface area contributed by atoms with Crippen LogP contribution in [-0.2, 0) is 20.1 Å². The fourth-order valence-electron chi connectivity index (χ4n) is 7.84. The van der Waals surface area contributed by atoms with Gasteiger partial charge in [0, 0.05) is 31.4 Å². The Morgan fingerprint density at radius 1 is 0.786 bits per heavy atom. The zero-order valence-corrected chi connectivity index (χ0v) is 28.2. The Labute approximate surface area is 266 Å². The molecule has 3 aromatic carbocycles. The maximum atomic E-state index is 11.3. The van der Waals surface area contributed by atoms with Gasteiger partial charge in [0.1, 0.15) is 0 Å². The van der Waals surface area contributed by atoms with E-state index in [2.05, 4.69) is 82.3 Å². The molecule has 6 rings (SSSR count). The number of nitrogens with zero attached hydrogens (tertiary/aromatic N) is 1. The van der Waals surface area contributed by atoms with Crippen molar-refractivity contribution in [3.63, 3.8) is 0 Å². The van der Waals surface area contributed by atoms with Gasteiger partial charge in [0.2, 0.25) is 0 Å². The van der Waals surface area contributed by atoms with E-state index in [0.29, 0.717) is 5.92 Å². The van der Waals surface area contributed by atoms with E-state index in [-0.39, 0.29) is 49.1 Å². The Hall–Kier alpha value is -2.10. The molecule has 42 heavy (non-hydrogen) atoms. The third-order valence-corrected chi connectivity index (χ3v) is 11.0. The van der Waals surface area contributed by atoms with Crippen molar-refractivity contribution in [1.29, 1.82) is 0 Å². The largest absolute Gasteiger partial charge is 0.392 e. The van der Waals surface area contributed by atoms with E-state index in [1.165, 1.54) is 41.8 Å². The summed E-state index contributed by atoms with van der Waals surface area (Å²) in [4.78, 5) is 4.84. The molecule has 4 unspecified atom stereocenters. The quantitative estimate of drug-likeness (QED) is 0.162. The fourth-order valence-corrected chi connectivity index (χ4v) is 7.84. The molecule has 0 saturated heterocycles. The second kappa shape index (κ2) is 14.1. The number of aliphatic hydroxyl groups is 2. The first kappa shape index (κ1) is 32.8. The monoisotopic (exact) mass is 743 g/mol. The number of pyridine rings is 1. The van der Waals surface area contributed by atoms with Crippen LogP contribution in [0.3, 0.4) is 0 Å². The van der Waals surface area contributed by atoms with Crippen molar-refractivity contribution < 1.29 is 30.3 Å². The van der Waals surface area contributed by atoms with E-state index in [1.54, 1.807) is 0 Å². The van der Waals surface area contributed by atoms with Crippen LogP contribution in [0.15, 0.2) is 72.8 Å². The van der Waals surface area contributed by atoms with Crippen LogP contribution >= 0.6 is 0 Å². The average molecular weight is 743 g/mol. The van der Waals surface area contributed by atoms with Crippen LogP contribution in [0.1, 0.15) is 85.5 Å². The van der Waals surface area contributed by atoms with Crippen LogP contribution < -0.4 is 0 Å². The van der Waals surface area contributed by atoms with Gasteiger partial charge in [-0.3, -0.25) is 4.98 Å². The summed E-state index contributed by atoms with van der Waals surface area (Å²) in [6, 6.07) is 28.0. The number of aromatic nitrogens is 1. The first-order chi connectivity index (χ1) is 19.9. The smallest absolute Gasteiger partial charge is 0.0673 e. The molecule has 5 atom stereocenters. The summed E-state index contributed by atoms with van der Waals surface area (Å²) >= 11 is 0. The van der Waals surface area contributed by atoms with Crippen molar-refractivity contribution in [2.75, 3.05) is 0 Å². The van der Waals surface area contributed by atoms with Gasteiger partial charge in [0.25, 0.3) is 0 Å². The SMILES string of the molecule is CCC1(CC)CCCC2CCC[C@@](C)(CC)C(O)C2C1O.[Ir].[c-]1ccccc1-c1ccc2ccc3ccccc3c2n1. The van der Waals surface area contributed by atoms with Crippen LogP contribution in [0, 0.1) is 28.7 Å². The summed E-state index contributed by atoms with van der Waals surface area (Å²) < 4.78 is 0. The molecule has 1 aromatic heterocycles. The Morgan fingerprint density at radius 3 is 2.14 bits per heavy atom. The third kappa shape index (κ3) is 6.38. The molecular weight excluding hydrogens is 695 g/mol. The fraction of sp³-hybridized carbons (Fsp3) is 0.500. The molecule has 3 nitrogen and oxygen atoms in total. The second-order valence-corrected chi connectivity index (χ2v) is 12.9. The molecule has 1 heterocycles. The summed E-state index contributed by atoms with van der Waals surface area (Å²) in [7, 11) is 0. The van der Waals surface area contributed by atoms with Crippen LogP contribution in [0.2, 0.25) is 0 Å². The minimum Gasteiger partial charge on any atom is -0.392 e. The average Bonchev–Trinajstić information content (AvgIpc) is 3.24. The normalized spacial score (nSPS) is 27.1. The molecule has 4 aromatic rings. The van der Waals surface area contributed by atoms with Crippen molar-refractivity contribution in [1.82, 2.24) is 4.98 Å². The van der Waals surface area contributed by atoms with Crippen LogP contribution in [0.5, 0.6) is 0 Å². The van der Waals surface area contributed by atoms with Crippen LogP contribution in [-0.4, -0.2) is 27.4 Å². The van der Waals surface area contributed by atoms with Gasteiger partial charge in [0.05, 0.1) is 17.7 Å². The Morgan fingerprint density at radius 2 is 1.45 bits per heavy atom. The molecule has 2 aliphatic rings. The van der Waals surface area contributed by atoms with Gasteiger partial charge in [-0.15, -0.1) is 35.9 Å². The van der Waals surface area contributed by atoms with E-state index >= 15 is 0 Å². The van der Waals surface area contributed by atoms with Gasteiger partial charge in [0.15, 0.2) is 0 Å². The molecule has 2 saturated carbocycles. The first-order valence-corrected chi connectivity index (χ1v) is 16.0. The van der Waals surface area contributed by atoms with Gasteiger partial charge in [-0.05, 0) is 78.2 Å². The maximum absolute atomic E-state index is 11.3. The maximum Gasteiger partial charge on any atom is 0.0673 e. The van der Waals surface area contributed by atoms with Gasteiger partial charge in [-0.1, -0.05) is 89.1 Å². The standard InChI is InChI=1S/C19H12N.C19H36O2.Ir/c1-2-7-15(8-3-1)18-13-12-16-11-10-14-6-4-5-9-17(14)19(16)20-18;1-5-18(4)12-8-10-14-11-9-13-19(6-2,7-3)17(21)15(14)16(18)20;/h1-7,9-13H;14-17,20-21H,5-13H2,1-4H3;/q-1;;/t;14?,15?,16?,17?,18-;/m.1./s1. The van der Waals surface area contributed by atoms with Crippen molar-refractivity contribution in [2.45, 2.75) is 97.7 Å². The summed E-state index contributed by atoms with van der Waals surface area (Å²) in [6.07, 6.45) is 9.44. The van der Waals surface area contributed by atoms with Crippen LogP contribution in [0.4, 0.5) is 0 Å². The van der Waals surface area contributed by atoms with Crippen molar-refractivity contribution >= 4 is 21.7 Å². The van der Waals surface area contributed by atoms with E-state index < -0.39 is 0 Å². The Bertz CT molecular complexity index is 1440. The zero-order valence-electron chi connectivity index (χ0n) is 25.8. The summed E-state index contributed by atoms with van der Waals surface area (Å²) in [5.74, 6) is 0.600. The molecule has 0 aliphatic heterocycles. The topological polar surface area (TPSA) is 53.4 Å². The van der Waals surface area contributed by atoms with E-state index in [4.69, 9.17) is 4.98 Å². The molecule has 227 valence electrons. The van der Waals surface area contributed by atoms with E-state index in [9.17, 15) is 10.2 Å². The number of rotatable bonds is 4. The van der Waals surface area contributed by atoms with E-state index in [0.717, 1.165) is 48.9 Å². The number of aliphatic hydroxyl groups excluding tert-OH is 2. The molecule has 2 aliphatic carbocycles. The Kier molecular flexibility index (Phi) is 11.0. The molecule has 0 bridgehead atoms. The molecule has 0 amide bonds. The van der Waals surface area contributed by atoms with Gasteiger partial charge in [-0.25, -0.2) is 0 Å². The minimum atomic E-state index is -0.347. The van der Waals surface area contributed by atoms with Crippen LogP contribution in [0.25, 0.3) is 32.9 Å². The molecule has 1 radical (unpaired) electrons. The third-order valence-electron chi connectivity index (χ3n) is 11.0. The number of benzene rings is 3. The zero-order chi connectivity index (χ0) is 29.0.